The third-order valence-corrected chi connectivity index (χ3v) is 2.32. The number of hydrogen-bond donors (Lipinski definition) is 1. The van der Waals surface area contributed by atoms with Crippen molar-refractivity contribution in [2.45, 2.75) is 25.9 Å². The molecule has 1 aromatic heterocycles. The number of rotatable bonds is 5. The first kappa shape index (κ1) is 12.2. The van der Waals surface area contributed by atoms with Gasteiger partial charge in [0.2, 0.25) is 0 Å². The molecule has 1 heterocycles. The summed E-state index contributed by atoms with van der Waals surface area (Å²) in [4.78, 5) is 12.5. The second-order valence-electron chi connectivity index (χ2n) is 3.61. The molecule has 1 aromatic rings. The Kier molecular flexibility index (Phi) is 4.03. The highest BCUT2D eigenvalue weighted by atomic mass is 16.5. The molecule has 1 rings (SSSR count). The number of carboxylic acids is 1. The second-order valence-corrected chi connectivity index (χ2v) is 3.61. The number of aromatic carboxylic acids is 1. The fourth-order valence-electron chi connectivity index (χ4n) is 1.18. The highest BCUT2D eigenvalue weighted by Gasteiger charge is 2.14. The molecule has 0 saturated carbocycles. The Labute approximate surface area is 93.1 Å². The van der Waals surface area contributed by atoms with E-state index in [0.29, 0.717) is 18.7 Å². The zero-order chi connectivity index (χ0) is 12.1. The van der Waals surface area contributed by atoms with Crippen molar-refractivity contribution in [3.05, 3.63) is 17.5 Å². The maximum Gasteiger partial charge on any atom is 0.358 e. The lowest BCUT2D eigenvalue weighted by atomic mass is 10.2. The third kappa shape index (κ3) is 3.07. The largest absolute Gasteiger partial charge is 0.476 e. The van der Waals surface area contributed by atoms with Crippen molar-refractivity contribution >= 4 is 5.97 Å². The Morgan fingerprint density at radius 2 is 2.50 bits per heavy atom. The van der Waals surface area contributed by atoms with Crippen molar-refractivity contribution in [1.82, 2.24) is 10.1 Å². The van der Waals surface area contributed by atoms with E-state index >= 15 is 0 Å². The minimum absolute atomic E-state index is 0.0865. The lowest BCUT2D eigenvalue weighted by Crippen LogP contribution is -2.27. The molecule has 6 nitrogen and oxygen atoms in total. The van der Waals surface area contributed by atoms with Gasteiger partial charge in [0.05, 0.1) is 19.0 Å². The molecule has 0 radical (unpaired) electrons. The summed E-state index contributed by atoms with van der Waals surface area (Å²) in [7, 11) is 1.84. The molecule has 0 spiro atoms. The zero-order valence-electron chi connectivity index (χ0n) is 9.17. The maximum absolute atomic E-state index is 10.6. The van der Waals surface area contributed by atoms with Crippen molar-refractivity contribution in [2.75, 3.05) is 7.05 Å². The lowest BCUT2D eigenvalue weighted by molar-refractivity contribution is 0.0685. The third-order valence-electron chi connectivity index (χ3n) is 2.32. The number of nitrogens with zero attached hydrogens (tertiary/aromatic N) is 3. The van der Waals surface area contributed by atoms with E-state index in [1.807, 2.05) is 18.9 Å². The fraction of sp³-hybridized carbons (Fsp3) is 0.500. The minimum atomic E-state index is -1.11. The van der Waals surface area contributed by atoms with Gasteiger partial charge < -0.3 is 9.63 Å². The van der Waals surface area contributed by atoms with E-state index in [4.69, 9.17) is 14.9 Å². The zero-order valence-corrected chi connectivity index (χ0v) is 9.17. The van der Waals surface area contributed by atoms with Crippen LogP contribution in [-0.4, -0.2) is 34.2 Å². The smallest absolute Gasteiger partial charge is 0.358 e. The van der Waals surface area contributed by atoms with Gasteiger partial charge in [0.25, 0.3) is 0 Å². The van der Waals surface area contributed by atoms with Crippen LogP contribution in [-0.2, 0) is 6.54 Å². The van der Waals surface area contributed by atoms with Crippen LogP contribution in [0.1, 0.15) is 29.6 Å². The Bertz CT molecular complexity index is 408. The first-order chi connectivity index (χ1) is 7.54. The molecular formula is C10H13N3O3. The van der Waals surface area contributed by atoms with E-state index in [1.54, 1.807) is 0 Å². The Morgan fingerprint density at radius 3 is 3.00 bits per heavy atom. The average molecular weight is 223 g/mol. The maximum atomic E-state index is 10.6. The van der Waals surface area contributed by atoms with E-state index < -0.39 is 5.97 Å². The Hall–Kier alpha value is -1.87. The van der Waals surface area contributed by atoms with Crippen LogP contribution >= 0.6 is 0 Å². The summed E-state index contributed by atoms with van der Waals surface area (Å²) in [6.45, 7) is 2.35. The molecule has 0 aliphatic carbocycles. The monoisotopic (exact) mass is 223 g/mol. The molecule has 1 N–H and O–H groups in total. The molecule has 0 aromatic carbocycles. The molecule has 0 aliphatic rings. The summed E-state index contributed by atoms with van der Waals surface area (Å²) in [6, 6.07) is 3.55. The molecule has 6 heteroatoms. The van der Waals surface area contributed by atoms with Crippen LogP contribution in [0.2, 0.25) is 0 Å². The fourth-order valence-corrected chi connectivity index (χ4v) is 1.18. The number of carbonyl (C=O) groups is 1. The molecule has 0 aliphatic heterocycles. The molecule has 0 saturated heterocycles. The van der Waals surface area contributed by atoms with Gasteiger partial charge >= 0.3 is 5.97 Å². The summed E-state index contributed by atoms with van der Waals surface area (Å²) in [6.07, 6.45) is 0.413. The summed E-state index contributed by atoms with van der Waals surface area (Å²) in [5, 5.41) is 20.6. The van der Waals surface area contributed by atoms with Crippen molar-refractivity contribution in [2.24, 2.45) is 0 Å². The first-order valence-corrected chi connectivity index (χ1v) is 4.80. The highest BCUT2D eigenvalue weighted by Crippen LogP contribution is 2.09. The minimum Gasteiger partial charge on any atom is -0.476 e. The van der Waals surface area contributed by atoms with Crippen LogP contribution in [0.4, 0.5) is 0 Å². The van der Waals surface area contributed by atoms with Gasteiger partial charge in [-0.05, 0) is 14.0 Å². The van der Waals surface area contributed by atoms with Gasteiger partial charge in [-0.25, -0.2) is 4.79 Å². The molecular weight excluding hydrogens is 210 g/mol. The summed E-state index contributed by atoms with van der Waals surface area (Å²) in [5.41, 5.74) is -0.101. The van der Waals surface area contributed by atoms with Crippen molar-refractivity contribution in [3.63, 3.8) is 0 Å². The molecule has 16 heavy (non-hydrogen) atoms. The number of aromatic nitrogens is 1. The average Bonchev–Trinajstić information content (AvgIpc) is 2.66. The summed E-state index contributed by atoms with van der Waals surface area (Å²) < 4.78 is 4.87. The first-order valence-electron chi connectivity index (χ1n) is 4.80. The van der Waals surface area contributed by atoms with E-state index in [0.717, 1.165) is 0 Å². The molecule has 86 valence electrons. The van der Waals surface area contributed by atoms with Gasteiger partial charge in [0.1, 0.15) is 0 Å². The van der Waals surface area contributed by atoms with Crippen LogP contribution in [0.25, 0.3) is 0 Å². The van der Waals surface area contributed by atoms with E-state index in [1.165, 1.54) is 6.07 Å². The van der Waals surface area contributed by atoms with Crippen LogP contribution in [0.5, 0.6) is 0 Å². The normalized spacial score (nSPS) is 12.4. The Balaban J connectivity index is 2.59. The van der Waals surface area contributed by atoms with Gasteiger partial charge in [-0.1, -0.05) is 5.16 Å². The summed E-state index contributed by atoms with van der Waals surface area (Å²) in [5.74, 6) is -0.632. The lowest BCUT2D eigenvalue weighted by Gasteiger charge is -2.20. The molecule has 0 bridgehead atoms. The van der Waals surface area contributed by atoms with Gasteiger partial charge in [0, 0.05) is 12.1 Å². The molecule has 0 amide bonds. The molecule has 0 fully saturated rings. The van der Waals surface area contributed by atoms with Gasteiger partial charge in [0.15, 0.2) is 11.5 Å². The topological polar surface area (TPSA) is 90.4 Å². The van der Waals surface area contributed by atoms with Crippen molar-refractivity contribution in [1.29, 1.82) is 5.26 Å². The van der Waals surface area contributed by atoms with E-state index in [9.17, 15) is 4.79 Å². The van der Waals surface area contributed by atoms with Gasteiger partial charge in [-0.3, -0.25) is 4.90 Å². The van der Waals surface area contributed by atoms with E-state index in [-0.39, 0.29) is 11.7 Å². The molecule has 1 atom stereocenters. The summed E-state index contributed by atoms with van der Waals surface area (Å²) >= 11 is 0. The standard InChI is InChI=1S/C10H13N3O3/c1-7(3-4-11)13(2)6-8-5-9(10(14)15)12-16-8/h5,7H,3,6H2,1-2H3,(H,14,15). The Morgan fingerprint density at radius 1 is 1.81 bits per heavy atom. The van der Waals surface area contributed by atoms with Crippen molar-refractivity contribution in [3.8, 4) is 6.07 Å². The number of carboxylic acid groups (broad SMARTS) is 1. The van der Waals surface area contributed by atoms with Gasteiger partial charge in [-0.15, -0.1) is 0 Å². The van der Waals surface area contributed by atoms with Crippen LogP contribution in [0.3, 0.4) is 0 Å². The van der Waals surface area contributed by atoms with Crippen LogP contribution < -0.4 is 0 Å². The predicted octanol–water partition coefficient (Wildman–Crippen LogP) is 1.11. The number of nitriles is 1. The molecule has 1 unspecified atom stereocenters. The second kappa shape index (κ2) is 5.28. The predicted molar refractivity (Wildman–Crippen MR) is 54.6 cm³/mol. The van der Waals surface area contributed by atoms with Crippen LogP contribution in [0.15, 0.2) is 10.6 Å². The van der Waals surface area contributed by atoms with E-state index in [2.05, 4.69) is 11.2 Å². The van der Waals surface area contributed by atoms with Crippen LogP contribution in [0, 0.1) is 11.3 Å². The number of hydrogen-bond acceptors (Lipinski definition) is 5. The van der Waals surface area contributed by atoms with Gasteiger partial charge in [-0.2, -0.15) is 5.26 Å². The SMILES string of the molecule is CC(CC#N)N(C)Cc1cc(C(=O)O)no1. The quantitative estimate of drug-likeness (QED) is 0.804. The highest BCUT2D eigenvalue weighted by molar-refractivity contribution is 5.85. The van der Waals surface area contributed by atoms with Crippen molar-refractivity contribution < 1.29 is 14.4 Å².